The van der Waals surface area contributed by atoms with Gasteiger partial charge in [0.1, 0.15) is 5.82 Å². The van der Waals surface area contributed by atoms with Crippen molar-refractivity contribution in [1.82, 2.24) is 0 Å². The Morgan fingerprint density at radius 3 is 2.41 bits per heavy atom. The van der Waals surface area contributed by atoms with Gasteiger partial charge in [-0.25, -0.2) is 8.78 Å². The quantitative estimate of drug-likeness (QED) is 0.888. The van der Waals surface area contributed by atoms with E-state index in [-0.39, 0.29) is 24.2 Å². The highest BCUT2D eigenvalue weighted by molar-refractivity contribution is 5.85. The number of halogens is 3. The second-order valence-corrected chi connectivity index (χ2v) is 3.68. The van der Waals surface area contributed by atoms with Crippen LogP contribution in [0.5, 0.6) is 5.75 Å². The molecule has 0 heterocycles. The van der Waals surface area contributed by atoms with Crippen LogP contribution in [0.3, 0.4) is 0 Å². The summed E-state index contributed by atoms with van der Waals surface area (Å²) in [7, 11) is 0. The minimum absolute atomic E-state index is 0. The van der Waals surface area contributed by atoms with Gasteiger partial charge >= 0.3 is 0 Å². The number of nitrogens with two attached hydrogens (primary N) is 1. The first-order chi connectivity index (χ1) is 7.58. The van der Waals surface area contributed by atoms with Crippen LogP contribution in [0.15, 0.2) is 12.1 Å². The molecule has 5 heteroatoms. The van der Waals surface area contributed by atoms with Crippen LogP contribution < -0.4 is 10.5 Å². The lowest BCUT2D eigenvalue weighted by atomic mass is 10.0. The molecule has 0 aliphatic carbocycles. The summed E-state index contributed by atoms with van der Waals surface area (Å²) in [5.74, 6) is -1.05. The molecule has 0 aliphatic rings. The first-order valence-electron chi connectivity index (χ1n) is 5.44. The van der Waals surface area contributed by atoms with Crippen LogP contribution >= 0.6 is 12.4 Å². The molecule has 1 aromatic rings. The minimum Gasteiger partial charge on any atom is -0.491 e. The molecule has 1 atom stereocenters. The van der Waals surface area contributed by atoms with E-state index in [2.05, 4.69) is 0 Å². The van der Waals surface area contributed by atoms with Crippen LogP contribution in [0.25, 0.3) is 0 Å². The van der Waals surface area contributed by atoms with Gasteiger partial charge in [-0.05, 0) is 31.4 Å². The summed E-state index contributed by atoms with van der Waals surface area (Å²) >= 11 is 0. The molecule has 1 rings (SSSR count). The summed E-state index contributed by atoms with van der Waals surface area (Å²) in [6, 6.07) is 2.10. The second kappa shape index (κ2) is 7.45. The Bertz CT molecular complexity index is 361. The zero-order valence-corrected chi connectivity index (χ0v) is 10.8. The minimum atomic E-state index is -0.540. The molecule has 2 N–H and O–H groups in total. The molecule has 0 fully saturated rings. The molecule has 0 saturated heterocycles. The summed E-state index contributed by atoms with van der Waals surface area (Å²) in [5, 5.41) is 0. The van der Waals surface area contributed by atoms with Gasteiger partial charge < -0.3 is 10.5 Å². The molecule has 0 aliphatic heterocycles. The molecule has 1 aromatic carbocycles. The van der Waals surface area contributed by atoms with Gasteiger partial charge in [0.2, 0.25) is 0 Å². The maximum atomic E-state index is 13.5. The molecule has 0 radical (unpaired) electrons. The number of benzene rings is 1. The highest BCUT2D eigenvalue weighted by Crippen LogP contribution is 2.22. The van der Waals surface area contributed by atoms with Crippen molar-refractivity contribution in [2.75, 3.05) is 6.61 Å². The SMILES string of the molecule is CCOc1cc(F)c(CC(N)CC)cc1F.Cl. The van der Waals surface area contributed by atoms with Crippen LogP contribution in [0.1, 0.15) is 25.8 Å². The number of ether oxygens (including phenoxy) is 1. The topological polar surface area (TPSA) is 35.2 Å². The van der Waals surface area contributed by atoms with Gasteiger partial charge in [0.25, 0.3) is 0 Å². The van der Waals surface area contributed by atoms with Crippen molar-refractivity contribution in [3.8, 4) is 5.75 Å². The van der Waals surface area contributed by atoms with E-state index in [9.17, 15) is 8.78 Å². The van der Waals surface area contributed by atoms with E-state index in [1.54, 1.807) is 6.92 Å². The maximum Gasteiger partial charge on any atom is 0.165 e. The summed E-state index contributed by atoms with van der Waals surface area (Å²) in [6.07, 6.45) is 1.07. The number of rotatable bonds is 5. The normalized spacial score (nSPS) is 11.8. The molecule has 17 heavy (non-hydrogen) atoms. The van der Waals surface area contributed by atoms with E-state index in [1.807, 2.05) is 6.92 Å². The Morgan fingerprint density at radius 1 is 1.24 bits per heavy atom. The average Bonchev–Trinajstić information content (AvgIpc) is 2.25. The number of hydrogen-bond donors (Lipinski definition) is 1. The molecule has 0 spiro atoms. The summed E-state index contributed by atoms with van der Waals surface area (Å²) in [6.45, 7) is 3.94. The molecule has 98 valence electrons. The van der Waals surface area contributed by atoms with Crippen molar-refractivity contribution in [2.45, 2.75) is 32.7 Å². The van der Waals surface area contributed by atoms with Crippen molar-refractivity contribution in [2.24, 2.45) is 5.73 Å². The van der Waals surface area contributed by atoms with Crippen LogP contribution in [0, 0.1) is 11.6 Å². The van der Waals surface area contributed by atoms with Crippen molar-refractivity contribution in [3.05, 3.63) is 29.3 Å². The van der Waals surface area contributed by atoms with Gasteiger partial charge in [0.05, 0.1) is 6.61 Å². The van der Waals surface area contributed by atoms with Gasteiger partial charge in [0.15, 0.2) is 11.6 Å². The molecular weight excluding hydrogens is 248 g/mol. The fraction of sp³-hybridized carbons (Fsp3) is 0.500. The molecule has 0 saturated carbocycles. The predicted molar refractivity (Wildman–Crippen MR) is 66.7 cm³/mol. The van der Waals surface area contributed by atoms with E-state index < -0.39 is 11.6 Å². The smallest absolute Gasteiger partial charge is 0.165 e. The highest BCUT2D eigenvalue weighted by Gasteiger charge is 2.12. The zero-order chi connectivity index (χ0) is 12.1. The lowest BCUT2D eigenvalue weighted by molar-refractivity contribution is 0.318. The van der Waals surface area contributed by atoms with Crippen molar-refractivity contribution < 1.29 is 13.5 Å². The first kappa shape index (κ1) is 16.1. The molecule has 0 bridgehead atoms. The lowest BCUT2D eigenvalue weighted by Crippen LogP contribution is -2.22. The Kier molecular flexibility index (Phi) is 7.07. The maximum absolute atomic E-state index is 13.5. The molecule has 0 amide bonds. The highest BCUT2D eigenvalue weighted by atomic mass is 35.5. The van der Waals surface area contributed by atoms with Crippen LogP contribution in [0.4, 0.5) is 8.78 Å². The van der Waals surface area contributed by atoms with Gasteiger partial charge in [-0.1, -0.05) is 6.92 Å². The Labute approximate surface area is 107 Å². The van der Waals surface area contributed by atoms with E-state index in [0.717, 1.165) is 18.6 Å². The molecule has 2 nitrogen and oxygen atoms in total. The van der Waals surface area contributed by atoms with Crippen LogP contribution in [-0.2, 0) is 6.42 Å². The van der Waals surface area contributed by atoms with Crippen molar-refractivity contribution in [1.29, 1.82) is 0 Å². The van der Waals surface area contributed by atoms with E-state index in [0.29, 0.717) is 18.6 Å². The summed E-state index contributed by atoms with van der Waals surface area (Å²) in [4.78, 5) is 0. The van der Waals surface area contributed by atoms with Gasteiger partial charge in [0, 0.05) is 12.1 Å². The largest absolute Gasteiger partial charge is 0.491 e. The average molecular weight is 266 g/mol. The van der Waals surface area contributed by atoms with Crippen molar-refractivity contribution >= 4 is 12.4 Å². The first-order valence-corrected chi connectivity index (χ1v) is 5.44. The molecule has 1 unspecified atom stereocenters. The summed E-state index contributed by atoms with van der Waals surface area (Å²) < 4.78 is 31.9. The van der Waals surface area contributed by atoms with Gasteiger partial charge in [-0.3, -0.25) is 0 Å². The third kappa shape index (κ3) is 4.48. The predicted octanol–water partition coefficient (Wildman–Crippen LogP) is 3.07. The monoisotopic (exact) mass is 265 g/mol. The molecule has 0 aromatic heterocycles. The fourth-order valence-electron chi connectivity index (χ4n) is 1.42. The number of hydrogen-bond acceptors (Lipinski definition) is 2. The van der Waals surface area contributed by atoms with E-state index in [1.165, 1.54) is 0 Å². The van der Waals surface area contributed by atoms with E-state index in [4.69, 9.17) is 10.5 Å². The molecular formula is C12H18ClF2NO. The summed E-state index contributed by atoms with van der Waals surface area (Å²) in [5.41, 5.74) is 6.00. The lowest BCUT2D eigenvalue weighted by Gasteiger charge is -2.11. The third-order valence-corrected chi connectivity index (χ3v) is 2.41. The van der Waals surface area contributed by atoms with Gasteiger partial charge in [-0.2, -0.15) is 0 Å². The second-order valence-electron chi connectivity index (χ2n) is 3.68. The Balaban J connectivity index is 0.00000256. The Hall–Kier alpha value is -0.870. The Morgan fingerprint density at radius 2 is 1.88 bits per heavy atom. The van der Waals surface area contributed by atoms with Crippen molar-refractivity contribution in [3.63, 3.8) is 0 Å². The third-order valence-electron chi connectivity index (χ3n) is 2.41. The van der Waals surface area contributed by atoms with E-state index >= 15 is 0 Å². The van der Waals surface area contributed by atoms with Gasteiger partial charge in [-0.15, -0.1) is 12.4 Å². The zero-order valence-electron chi connectivity index (χ0n) is 10.0. The fourth-order valence-corrected chi connectivity index (χ4v) is 1.42. The standard InChI is InChI=1S/C12H17F2NO.ClH/c1-3-9(15)5-8-6-11(14)12(16-4-2)7-10(8)13;/h6-7,9H,3-5,15H2,1-2H3;1H. The van der Waals surface area contributed by atoms with Crippen LogP contribution in [-0.4, -0.2) is 12.6 Å². The van der Waals surface area contributed by atoms with Crippen LogP contribution in [0.2, 0.25) is 0 Å².